The maximum Gasteiger partial charge on any atom is 0.289 e. The Labute approximate surface area is 176 Å². The van der Waals surface area contributed by atoms with E-state index >= 15 is 0 Å². The van der Waals surface area contributed by atoms with Crippen LogP contribution < -0.4 is 21.5 Å². The van der Waals surface area contributed by atoms with Gasteiger partial charge in [0, 0.05) is 10.9 Å². The first-order valence-electron chi connectivity index (χ1n) is 9.50. The van der Waals surface area contributed by atoms with Crippen molar-refractivity contribution in [1.82, 2.24) is 15.6 Å². The van der Waals surface area contributed by atoms with E-state index in [4.69, 9.17) is 14.9 Å². The minimum absolute atomic E-state index is 0.0543. The van der Waals surface area contributed by atoms with Crippen molar-refractivity contribution in [2.24, 2.45) is 10.8 Å². The van der Waals surface area contributed by atoms with Crippen LogP contribution in [0.4, 0.5) is 0 Å². The van der Waals surface area contributed by atoms with Gasteiger partial charge in [-0.1, -0.05) is 18.2 Å². The van der Waals surface area contributed by atoms with Crippen molar-refractivity contribution in [3.8, 4) is 17.0 Å². The van der Waals surface area contributed by atoms with Crippen LogP contribution in [0.15, 0.2) is 70.2 Å². The van der Waals surface area contributed by atoms with Crippen LogP contribution in [0.25, 0.3) is 22.2 Å². The number of aromatic amines is 1. The Bertz CT molecular complexity index is 1320. The van der Waals surface area contributed by atoms with Crippen molar-refractivity contribution in [1.29, 1.82) is 0 Å². The molecule has 2 amide bonds. The van der Waals surface area contributed by atoms with E-state index in [1.54, 1.807) is 36.4 Å². The topological polar surface area (TPSA) is 136 Å². The first kappa shape index (κ1) is 19.9. The molecule has 0 atom stereocenters. The molecule has 0 spiro atoms. The van der Waals surface area contributed by atoms with Crippen LogP contribution in [0.3, 0.4) is 0 Å². The van der Waals surface area contributed by atoms with Gasteiger partial charge < -0.3 is 14.9 Å². The number of hydrogen-bond acceptors (Lipinski definition) is 6. The molecule has 0 aliphatic heterocycles. The van der Waals surface area contributed by atoms with E-state index in [1.165, 1.54) is 0 Å². The van der Waals surface area contributed by atoms with Crippen molar-refractivity contribution in [2.45, 2.75) is 6.92 Å². The first-order valence-corrected chi connectivity index (χ1v) is 9.50. The van der Waals surface area contributed by atoms with Gasteiger partial charge in [0.2, 0.25) is 5.55 Å². The fourth-order valence-electron chi connectivity index (χ4n) is 2.96. The second-order valence-corrected chi connectivity index (χ2v) is 6.54. The molecular weight excluding hydrogens is 398 g/mol. The van der Waals surface area contributed by atoms with Gasteiger partial charge in [-0.15, -0.1) is 5.10 Å². The van der Waals surface area contributed by atoms with E-state index in [9.17, 15) is 9.59 Å². The molecule has 4 rings (SSSR count). The maximum atomic E-state index is 12.5. The number of amides is 2. The summed E-state index contributed by atoms with van der Waals surface area (Å²) in [6, 6.07) is 17.6. The summed E-state index contributed by atoms with van der Waals surface area (Å²) >= 11 is 0. The molecule has 0 aliphatic carbocycles. The molecule has 0 fully saturated rings. The number of nitrogens with two attached hydrogens (primary N) is 1. The predicted molar refractivity (Wildman–Crippen MR) is 113 cm³/mol. The number of para-hydroxylation sites is 1. The van der Waals surface area contributed by atoms with Crippen LogP contribution >= 0.6 is 0 Å². The summed E-state index contributed by atoms with van der Waals surface area (Å²) in [6.07, 6.45) is 0. The van der Waals surface area contributed by atoms with Crippen LogP contribution in [0, 0.1) is 0 Å². The number of nitrogens with zero attached hydrogens (tertiary/aromatic N) is 2. The molecular formula is C22H19N5O4. The van der Waals surface area contributed by atoms with Crippen LogP contribution in [0.5, 0.6) is 5.75 Å². The number of rotatable bonds is 6. The third kappa shape index (κ3) is 4.30. The smallest absolute Gasteiger partial charge is 0.289 e. The number of aromatic nitrogens is 2. The van der Waals surface area contributed by atoms with Crippen molar-refractivity contribution in [3.63, 3.8) is 0 Å². The quantitative estimate of drug-likeness (QED) is 0.414. The average molecular weight is 417 g/mol. The number of H-pyrrole nitrogens is 1. The molecule has 9 heteroatoms. The van der Waals surface area contributed by atoms with E-state index < -0.39 is 11.8 Å². The number of hydrogen-bond donors (Lipinski definition) is 3. The SMILES string of the molecule is CCOc1ccc(-c2cc(C(=O)N/N=c3\oc4ccccc4cc3C(N)=O)[nH]n2)cc1. The summed E-state index contributed by atoms with van der Waals surface area (Å²) in [5, 5.41) is 11.5. The van der Waals surface area contributed by atoms with Gasteiger partial charge >= 0.3 is 0 Å². The zero-order valence-electron chi connectivity index (χ0n) is 16.6. The minimum atomic E-state index is -0.721. The van der Waals surface area contributed by atoms with Crippen molar-refractivity contribution >= 4 is 22.8 Å². The van der Waals surface area contributed by atoms with Gasteiger partial charge in [-0.3, -0.25) is 14.7 Å². The largest absolute Gasteiger partial charge is 0.494 e. The van der Waals surface area contributed by atoms with Crippen LogP contribution in [0.2, 0.25) is 0 Å². The number of fused-ring (bicyclic) bond motifs is 1. The highest BCUT2D eigenvalue weighted by Gasteiger charge is 2.13. The minimum Gasteiger partial charge on any atom is -0.494 e. The second-order valence-electron chi connectivity index (χ2n) is 6.54. The third-order valence-corrected chi connectivity index (χ3v) is 4.46. The molecule has 0 saturated carbocycles. The lowest BCUT2D eigenvalue weighted by molar-refractivity contribution is 0.0941. The highest BCUT2D eigenvalue weighted by Crippen LogP contribution is 2.21. The molecule has 2 aromatic heterocycles. The van der Waals surface area contributed by atoms with Gasteiger partial charge in [0.25, 0.3) is 11.8 Å². The average Bonchev–Trinajstić information content (AvgIpc) is 3.28. The monoisotopic (exact) mass is 417 g/mol. The third-order valence-electron chi connectivity index (χ3n) is 4.46. The summed E-state index contributed by atoms with van der Waals surface area (Å²) in [7, 11) is 0. The van der Waals surface area contributed by atoms with E-state index in [2.05, 4.69) is 20.7 Å². The molecule has 0 aliphatic rings. The Balaban J connectivity index is 1.57. The van der Waals surface area contributed by atoms with Gasteiger partial charge in [-0.05, 0) is 49.4 Å². The van der Waals surface area contributed by atoms with Gasteiger partial charge in [0.15, 0.2) is 0 Å². The first-order chi connectivity index (χ1) is 15.0. The molecule has 0 bridgehead atoms. The highest BCUT2D eigenvalue weighted by molar-refractivity contribution is 5.95. The normalized spacial score (nSPS) is 11.5. The standard InChI is InChI=1S/C22H19N5O4/c1-2-30-15-9-7-13(8-10-15)17-12-18(25-24-17)21(29)26-27-22-16(20(23)28)11-14-5-3-4-6-19(14)31-22/h3-12H,2H2,1H3,(H2,23,28)(H,24,25)(H,26,29)/b27-22-. The molecule has 2 aromatic carbocycles. The molecule has 4 N–H and O–H groups in total. The lowest BCUT2D eigenvalue weighted by Gasteiger charge is -2.02. The Kier molecular flexibility index (Phi) is 5.48. The van der Waals surface area contributed by atoms with Gasteiger partial charge in [0.05, 0.1) is 12.3 Å². The van der Waals surface area contributed by atoms with Crippen LogP contribution in [0.1, 0.15) is 27.8 Å². The molecule has 2 heterocycles. The summed E-state index contributed by atoms with van der Waals surface area (Å²) in [6.45, 7) is 2.49. The zero-order valence-corrected chi connectivity index (χ0v) is 16.6. The molecule has 9 nitrogen and oxygen atoms in total. The summed E-state index contributed by atoms with van der Waals surface area (Å²) in [4.78, 5) is 24.3. The molecule has 31 heavy (non-hydrogen) atoms. The lowest BCUT2D eigenvalue weighted by atomic mass is 10.1. The molecule has 4 aromatic rings. The molecule has 0 unspecified atom stereocenters. The van der Waals surface area contributed by atoms with Gasteiger partial charge in [0.1, 0.15) is 22.6 Å². The molecule has 0 radical (unpaired) electrons. The van der Waals surface area contributed by atoms with Gasteiger partial charge in [-0.25, -0.2) is 5.43 Å². The van der Waals surface area contributed by atoms with Crippen LogP contribution in [-0.2, 0) is 0 Å². The zero-order chi connectivity index (χ0) is 21.8. The fourth-order valence-corrected chi connectivity index (χ4v) is 2.96. The van der Waals surface area contributed by atoms with Crippen molar-refractivity contribution in [3.05, 3.63) is 77.5 Å². The number of carbonyl (C=O) groups excluding carboxylic acids is 2. The van der Waals surface area contributed by atoms with E-state index in [0.717, 1.165) is 11.3 Å². The highest BCUT2D eigenvalue weighted by atomic mass is 16.5. The summed E-state index contributed by atoms with van der Waals surface area (Å²) in [5.74, 6) is -0.520. The number of carbonyl (C=O) groups is 2. The van der Waals surface area contributed by atoms with E-state index in [1.807, 2.05) is 31.2 Å². The number of nitrogens with one attached hydrogen (secondary N) is 2. The Morgan fingerprint density at radius 3 is 2.68 bits per heavy atom. The van der Waals surface area contributed by atoms with Crippen molar-refractivity contribution in [2.75, 3.05) is 6.61 Å². The van der Waals surface area contributed by atoms with Gasteiger partial charge in [-0.2, -0.15) is 5.10 Å². The lowest BCUT2D eigenvalue weighted by Crippen LogP contribution is -2.27. The van der Waals surface area contributed by atoms with E-state index in [-0.39, 0.29) is 16.8 Å². The molecule has 156 valence electrons. The van der Waals surface area contributed by atoms with E-state index in [0.29, 0.717) is 23.3 Å². The fraction of sp³-hybridized carbons (Fsp3) is 0.0909. The second kappa shape index (κ2) is 8.54. The number of primary amides is 1. The van der Waals surface area contributed by atoms with Crippen LogP contribution in [-0.4, -0.2) is 28.6 Å². The summed E-state index contributed by atoms with van der Waals surface area (Å²) in [5.41, 5.74) is 9.83. The Morgan fingerprint density at radius 2 is 1.94 bits per heavy atom. The predicted octanol–water partition coefficient (Wildman–Crippen LogP) is 2.57. The summed E-state index contributed by atoms with van der Waals surface area (Å²) < 4.78 is 11.0. The number of ether oxygens (including phenoxy) is 1. The molecule has 0 saturated heterocycles. The number of benzene rings is 2. The van der Waals surface area contributed by atoms with Crippen molar-refractivity contribution < 1.29 is 18.7 Å². The maximum absolute atomic E-state index is 12.5. The Morgan fingerprint density at radius 1 is 1.16 bits per heavy atom. The Hall–Kier alpha value is -4.40.